The molecule has 0 atom stereocenters. The van der Waals surface area contributed by atoms with Crippen LogP contribution in [0.1, 0.15) is 0 Å². The van der Waals surface area contributed by atoms with Crippen LogP contribution in [0.2, 0.25) is 0 Å². The lowest BCUT2D eigenvalue weighted by Crippen LogP contribution is -2.10. The highest BCUT2D eigenvalue weighted by molar-refractivity contribution is 6.25. The van der Waals surface area contributed by atoms with Crippen molar-refractivity contribution in [2.24, 2.45) is 0 Å². The Kier molecular flexibility index (Phi) is 7.65. The van der Waals surface area contributed by atoms with Crippen LogP contribution in [0.3, 0.4) is 0 Å². The minimum Gasteiger partial charge on any atom is -0.310 e. The van der Waals surface area contributed by atoms with Crippen LogP contribution in [0.4, 0.5) is 17.1 Å². The van der Waals surface area contributed by atoms with Crippen molar-refractivity contribution in [3.05, 3.63) is 231 Å². The van der Waals surface area contributed by atoms with E-state index < -0.39 is 0 Å². The Balaban J connectivity index is 0.999. The largest absolute Gasteiger partial charge is 0.310 e. The maximum Gasteiger partial charge on any atom is 0.145 e. The van der Waals surface area contributed by atoms with Gasteiger partial charge < -0.3 is 9.47 Å². The van der Waals surface area contributed by atoms with E-state index in [1.165, 1.54) is 70.3 Å². The van der Waals surface area contributed by atoms with E-state index in [9.17, 15) is 0 Å². The summed E-state index contributed by atoms with van der Waals surface area (Å²) in [5.41, 5.74) is 11.0. The second-order valence-electron chi connectivity index (χ2n) is 17.1. The fourth-order valence-corrected chi connectivity index (χ4v) is 10.8. The van der Waals surface area contributed by atoms with E-state index >= 15 is 0 Å². The van der Waals surface area contributed by atoms with E-state index in [2.05, 4.69) is 245 Å². The first-order chi connectivity index (χ1) is 32.2. The molecule has 0 bridgehead atoms. The predicted molar refractivity (Wildman–Crippen MR) is 274 cm³/mol. The summed E-state index contributed by atoms with van der Waals surface area (Å²) in [6, 6.07) is 83.9. The molecule has 0 aliphatic carbocycles. The van der Waals surface area contributed by atoms with Gasteiger partial charge >= 0.3 is 0 Å². The molecule has 0 aliphatic rings. The van der Waals surface area contributed by atoms with E-state index in [0.29, 0.717) is 0 Å². The molecule has 65 heavy (non-hydrogen) atoms. The highest BCUT2D eigenvalue weighted by Crippen LogP contribution is 2.45. The van der Waals surface area contributed by atoms with Gasteiger partial charge in [-0.3, -0.25) is 4.57 Å². The standard InChI is InChI=1S/C61H38N4/c1-3-16-44(17-4-1)64-55-25-12-11-22-51(55)54-38-47(34-35-56(54)64)63(48-36-42-28-26-39-14-13-15-40-27-29-43(37-48)58(42)57(39)40)46-32-30-41(31-33-46)61-62-59-52-23-9-7-20-49(52)50-21-8-10-24-53(50)60(59)65(61)45-18-5-2-6-19-45/h1-38H. The molecule has 0 N–H and O–H groups in total. The molecule has 14 rings (SSSR count). The number of anilines is 3. The fourth-order valence-electron chi connectivity index (χ4n) is 10.8. The van der Waals surface area contributed by atoms with Crippen LogP contribution in [-0.2, 0) is 0 Å². The van der Waals surface area contributed by atoms with Gasteiger partial charge in [-0.05, 0) is 128 Å². The van der Waals surface area contributed by atoms with Crippen LogP contribution in [-0.4, -0.2) is 14.1 Å². The number of imidazole rings is 1. The highest BCUT2D eigenvalue weighted by atomic mass is 15.1. The molecule has 0 aliphatic heterocycles. The van der Waals surface area contributed by atoms with Crippen molar-refractivity contribution in [2.75, 3.05) is 4.90 Å². The fraction of sp³-hybridized carbons (Fsp3) is 0. The number of benzene rings is 12. The zero-order chi connectivity index (χ0) is 42.6. The lowest BCUT2D eigenvalue weighted by molar-refractivity contribution is 1.11. The van der Waals surface area contributed by atoms with Gasteiger partial charge in [-0.1, -0.05) is 146 Å². The lowest BCUT2D eigenvalue weighted by atomic mass is 9.93. The average Bonchev–Trinajstić information content (AvgIpc) is 3.94. The van der Waals surface area contributed by atoms with Crippen LogP contribution >= 0.6 is 0 Å². The van der Waals surface area contributed by atoms with E-state index in [1.807, 2.05) is 0 Å². The van der Waals surface area contributed by atoms with Crippen LogP contribution in [0.15, 0.2) is 231 Å². The molecular formula is C61H38N4. The molecule has 4 nitrogen and oxygen atoms in total. The van der Waals surface area contributed by atoms with Gasteiger partial charge in [0.1, 0.15) is 5.82 Å². The summed E-state index contributed by atoms with van der Waals surface area (Å²) < 4.78 is 4.73. The third-order valence-electron chi connectivity index (χ3n) is 13.6. The van der Waals surface area contributed by atoms with Gasteiger partial charge in [0.25, 0.3) is 0 Å². The van der Waals surface area contributed by atoms with Crippen molar-refractivity contribution >= 4 is 104 Å². The molecule has 0 saturated carbocycles. The molecule has 12 aromatic carbocycles. The average molecular weight is 827 g/mol. The monoisotopic (exact) mass is 826 g/mol. The van der Waals surface area contributed by atoms with Crippen molar-refractivity contribution < 1.29 is 0 Å². The molecular weight excluding hydrogens is 789 g/mol. The number of hydrogen-bond acceptors (Lipinski definition) is 2. The first-order valence-corrected chi connectivity index (χ1v) is 22.3. The van der Waals surface area contributed by atoms with E-state index in [-0.39, 0.29) is 0 Å². The molecule has 0 fully saturated rings. The van der Waals surface area contributed by atoms with Gasteiger partial charge in [-0.2, -0.15) is 0 Å². The van der Waals surface area contributed by atoms with Gasteiger partial charge in [0, 0.05) is 55.5 Å². The Morgan fingerprint density at radius 1 is 0.323 bits per heavy atom. The molecule has 0 spiro atoms. The van der Waals surface area contributed by atoms with Crippen molar-refractivity contribution in [1.82, 2.24) is 14.1 Å². The summed E-state index contributed by atoms with van der Waals surface area (Å²) in [6.45, 7) is 0. The van der Waals surface area contributed by atoms with Crippen LogP contribution in [0.5, 0.6) is 0 Å². The van der Waals surface area contributed by atoms with Gasteiger partial charge in [-0.25, -0.2) is 4.98 Å². The van der Waals surface area contributed by atoms with E-state index in [4.69, 9.17) is 4.98 Å². The summed E-state index contributed by atoms with van der Waals surface area (Å²) in [7, 11) is 0. The second-order valence-corrected chi connectivity index (χ2v) is 17.1. The predicted octanol–water partition coefficient (Wildman–Crippen LogP) is 16.5. The highest BCUT2D eigenvalue weighted by Gasteiger charge is 2.23. The Hall–Kier alpha value is -8.73. The molecule has 0 unspecified atom stereocenters. The van der Waals surface area contributed by atoms with Gasteiger partial charge in [0.05, 0.1) is 22.1 Å². The number of rotatable bonds is 6. The summed E-state index contributed by atoms with van der Waals surface area (Å²) in [5.74, 6) is 0.906. The van der Waals surface area contributed by atoms with Crippen molar-refractivity contribution in [2.45, 2.75) is 0 Å². The Morgan fingerprint density at radius 3 is 1.54 bits per heavy atom. The lowest BCUT2D eigenvalue weighted by Gasteiger charge is -2.27. The van der Waals surface area contributed by atoms with Crippen molar-refractivity contribution in [1.29, 1.82) is 0 Å². The summed E-state index contributed by atoms with van der Waals surface area (Å²) in [4.78, 5) is 7.97. The molecule has 14 aromatic rings. The SMILES string of the molecule is c1ccc(-n2c(-c3ccc(N(c4cc5ccc6cccc7ccc(c4)c5c67)c4ccc5c(c4)c4ccccc4n5-c4ccccc4)cc3)nc3c4ccccc4c4ccccc4c32)cc1. The third-order valence-corrected chi connectivity index (χ3v) is 13.6. The van der Waals surface area contributed by atoms with Crippen LogP contribution < -0.4 is 4.90 Å². The minimum absolute atomic E-state index is 0.906. The zero-order valence-electron chi connectivity index (χ0n) is 35.2. The Bertz CT molecular complexity index is 4100. The number of para-hydroxylation sites is 3. The first kappa shape index (κ1) is 35.8. The molecule has 2 heterocycles. The molecule has 4 heteroatoms. The number of nitrogens with zero attached hydrogens (tertiary/aromatic N) is 4. The van der Waals surface area contributed by atoms with E-state index in [1.54, 1.807) is 0 Å². The van der Waals surface area contributed by atoms with Crippen molar-refractivity contribution in [3.63, 3.8) is 0 Å². The topological polar surface area (TPSA) is 26.0 Å². The molecule has 302 valence electrons. The Morgan fingerprint density at radius 2 is 0.846 bits per heavy atom. The van der Waals surface area contributed by atoms with Crippen LogP contribution in [0.25, 0.3) is 109 Å². The summed E-state index contributed by atoms with van der Waals surface area (Å²) in [6.07, 6.45) is 0. The van der Waals surface area contributed by atoms with Gasteiger partial charge in [-0.15, -0.1) is 0 Å². The van der Waals surface area contributed by atoms with Crippen molar-refractivity contribution in [3.8, 4) is 22.8 Å². The summed E-state index contributed by atoms with van der Waals surface area (Å²) in [5, 5.41) is 14.8. The molecule has 0 amide bonds. The van der Waals surface area contributed by atoms with E-state index in [0.717, 1.165) is 56.2 Å². The number of hydrogen-bond donors (Lipinski definition) is 0. The normalized spacial score (nSPS) is 12.0. The molecule has 0 radical (unpaired) electrons. The Labute approximate surface area is 374 Å². The molecule has 2 aromatic heterocycles. The number of fused-ring (bicyclic) bond motifs is 9. The zero-order valence-corrected chi connectivity index (χ0v) is 35.2. The minimum atomic E-state index is 0.906. The summed E-state index contributed by atoms with van der Waals surface area (Å²) >= 11 is 0. The quantitative estimate of drug-likeness (QED) is 0.156. The molecule has 0 saturated heterocycles. The second kappa shape index (κ2) is 13.9. The maximum atomic E-state index is 5.55. The first-order valence-electron chi connectivity index (χ1n) is 22.3. The maximum absolute atomic E-state index is 5.55. The number of aromatic nitrogens is 3. The smallest absolute Gasteiger partial charge is 0.145 e. The van der Waals surface area contributed by atoms with Gasteiger partial charge in [0.15, 0.2) is 0 Å². The third kappa shape index (κ3) is 5.35. The van der Waals surface area contributed by atoms with Gasteiger partial charge in [0.2, 0.25) is 0 Å². The van der Waals surface area contributed by atoms with Crippen LogP contribution in [0, 0.1) is 0 Å².